The molecule has 0 aromatic heterocycles. The van der Waals surface area contributed by atoms with Gasteiger partial charge < -0.3 is 15.1 Å². The lowest BCUT2D eigenvalue weighted by Gasteiger charge is -2.39. The number of nitrogens with zero attached hydrogens (tertiary/aromatic N) is 3. The number of nitriles is 1. The lowest BCUT2D eigenvalue weighted by atomic mass is 9.80. The van der Waals surface area contributed by atoms with E-state index >= 15 is 0 Å². The summed E-state index contributed by atoms with van der Waals surface area (Å²) in [6.45, 7) is 3.15. The summed E-state index contributed by atoms with van der Waals surface area (Å²) in [7, 11) is 0. The Hall–Kier alpha value is -3.12. The van der Waals surface area contributed by atoms with Crippen LogP contribution in [0.3, 0.4) is 0 Å². The summed E-state index contributed by atoms with van der Waals surface area (Å²) in [5, 5.41) is 11.9. The van der Waals surface area contributed by atoms with Crippen molar-refractivity contribution in [2.75, 3.05) is 31.5 Å². The van der Waals surface area contributed by atoms with E-state index in [1.54, 1.807) is 11.0 Å². The normalized spacial score (nSPS) is 25.3. The molecule has 1 aliphatic heterocycles. The van der Waals surface area contributed by atoms with Crippen LogP contribution in [0.4, 0.5) is 28.0 Å². The van der Waals surface area contributed by atoms with Crippen LogP contribution >= 0.6 is 0 Å². The van der Waals surface area contributed by atoms with E-state index in [1.165, 1.54) is 5.56 Å². The summed E-state index contributed by atoms with van der Waals surface area (Å²) in [5.74, 6) is -0.972. The van der Waals surface area contributed by atoms with Gasteiger partial charge in [0.05, 0.1) is 17.2 Å². The molecule has 0 spiro atoms. The third-order valence-electron chi connectivity index (χ3n) is 8.11. The summed E-state index contributed by atoms with van der Waals surface area (Å²) in [5.41, 5.74) is 0.386. The molecule has 1 saturated heterocycles. The first-order valence-electron chi connectivity index (χ1n) is 12.4. The van der Waals surface area contributed by atoms with Gasteiger partial charge in [0.1, 0.15) is 5.82 Å². The van der Waals surface area contributed by atoms with Crippen LogP contribution in [-0.2, 0) is 11.6 Å². The van der Waals surface area contributed by atoms with Gasteiger partial charge in [0, 0.05) is 24.8 Å². The molecule has 5 rings (SSSR count). The van der Waals surface area contributed by atoms with E-state index in [1.807, 2.05) is 12.1 Å². The first kappa shape index (κ1) is 24.6. The largest absolute Gasteiger partial charge is 0.419 e. The molecule has 0 bridgehead atoms. The van der Waals surface area contributed by atoms with Crippen molar-refractivity contribution in [2.24, 2.45) is 5.92 Å². The molecule has 2 aromatic rings. The van der Waals surface area contributed by atoms with Gasteiger partial charge in [0.2, 0.25) is 0 Å². The molecule has 1 unspecified atom stereocenters. The molecule has 5 nitrogen and oxygen atoms in total. The van der Waals surface area contributed by atoms with Gasteiger partial charge in [-0.25, -0.2) is 9.18 Å². The number of alkyl halides is 3. The van der Waals surface area contributed by atoms with Gasteiger partial charge in [-0.3, -0.25) is 0 Å². The third-order valence-corrected chi connectivity index (χ3v) is 8.11. The molecule has 0 radical (unpaired) electrons. The van der Waals surface area contributed by atoms with Crippen LogP contribution in [0.25, 0.3) is 0 Å². The molecule has 9 heteroatoms. The standard InChI is InChI=1S/C27H28F4N4O/c28-24-6-5-21(15-23(24)27(29,30)31)33-25(36)35(12-11-34-9-2-10-34)22-7-8-26(16-20(26)14-22)19-4-1-3-18(13-19)17-32/h1,3-6,13,15,20,22H,2,7-12,14,16H2,(H,33,36)/t20?,22-,26-/m1/s1. The fourth-order valence-electron chi connectivity index (χ4n) is 5.87. The van der Waals surface area contributed by atoms with E-state index in [4.69, 9.17) is 0 Å². The van der Waals surface area contributed by atoms with Crippen LogP contribution in [0, 0.1) is 23.1 Å². The maximum atomic E-state index is 13.7. The SMILES string of the molecule is N#Cc1cccc([C@]23CC[C@@H](N(CCN4CCC4)C(=O)Nc4ccc(F)c(C(F)(F)F)c4)CC2C3)c1. The topological polar surface area (TPSA) is 59.4 Å². The molecular weight excluding hydrogens is 472 g/mol. The number of likely N-dealkylation sites (tertiary alicyclic amines) is 1. The van der Waals surface area contributed by atoms with E-state index in [0.717, 1.165) is 57.3 Å². The minimum absolute atomic E-state index is 0.0337. The highest BCUT2D eigenvalue weighted by atomic mass is 19.4. The summed E-state index contributed by atoms with van der Waals surface area (Å²) in [6, 6.07) is 12.0. The number of benzene rings is 2. The highest BCUT2D eigenvalue weighted by molar-refractivity contribution is 5.89. The second-order valence-electron chi connectivity index (χ2n) is 10.2. The van der Waals surface area contributed by atoms with Crippen LogP contribution in [0.15, 0.2) is 42.5 Å². The number of carbonyl (C=O) groups is 1. The molecule has 2 aromatic carbocycles. The summed E-state index contributed by atoms with van der Waals surface area (Å²) in [4.78, 5) is 17.3. The van der Waals surface area contributed by atoms with Gasteiger partial charge in [0.15, 0.2) is 0 Å². The molecule has 2 amide bonds. The van der Waals surface area contributed by atoms with E-state index in [2.05, 4.69) is 22.4 Å². The van der Waals surface area contributed by atoms with Crippen molar-refractivity contribution in [3.63, 3.8) is 0 Å². The van der Waals surface area contributed by atoms with Gasteiger partial charge in [-0.05, 0) is 92.4 Å². The molecule has 2 aliphatic carbocycles. The quantitative estimate of drug-likeness (QED) is 0.513. The van der Waals surface area contributed by atoms with Crippen molar-refractivity contribution >= 4 is 11.7 Å². The summed E-state index contributed by atoms with van der Waals surface area (Å²) < 4.78 is 53.2. The Morgan fingerprint density at radius 1 is 1.22 bits per heavy atom. The predicted octanol–water partition coefficient (Wildman–Crippen LogP) is 5.77. The summed E-state index contributed by atoms with van der Waals surface area (Å²) >= 11 is 0. The van der Waals surface area contributed by atoms with Crippen LogP contribution in [0.5, 0.6) is 0 Å². The lowest BCUT2D eigenvalue weighted by molar-refractivity contribution is -0.139. The second kappa shape index (κ2) is 9.40. The van der Waals surface area contributed by atoms with Crippen LogP contribution in [-0.4, -0.2) is 48.1 Å². The van der Waals surface area contributed by atoms with Crippen LogP contribution < -0.4 is 5.32 Å². The second-order valence-corrected chi connectivity index (χ2v) is 10.2. The number of hydrogen-bond donors (Lipinski definition) is 1. The molecule has 3 aliphatic rings. The zero-order valence-electron chi connectivity index (χ0n) is 19.8. The Morgan fingerprint density at radius 2 is 2.03 bits per heavy atom. The Kier molecular flexibility index (Phi) is 6.41. The molecule has 2 saturated carbocycles. The maximum absolute atomic E-state index is 13.7. The number of hydrogen-bond acceptors (Lipinski definition) is 3. The monoisotopic (exact) mass is 500 g/mol. The molecule has 3 fully saturated rings. The Labute approximate surface area is 207 Å². The first-order chi connectivity index (χ1) is 17.2. The molecule has 1 N–H and O–H groups in total. The number of fused-ring (bicyclic) bond motifs is 1. The number of anilines is 1. The van der Waals surface area contributed by atoms with E-state index in [0.29, 0.717) is 30.6 Å². The first-order valence-corrected chi connectivity index (χ1v) is 12.4. The van der Waals surface area contributed by atoms with E-state index < -0.39 is 23.6 Å². The smallest absolute Gasteiger partial charge is 0.320 e. The van der Waals surface area contributed by atoms with Crippen molar-refractivity contribution in [2.45, 2.75) is 49.7 Å². The molecule has 36 heavy (non-hydrogen) atoms. The van der Waals surface area contributed by atoms with Gasteiger partial charge in [0.25, 0.3) is 0 Å². The average Bonchev–Trinajstić information content (AvgIpc) is 3.56. The van der Waals surface area contributed by atoms with Crippen molar-refractivity contribution in [3.8, 4) is 6.07 Å². The van der Waals surface area contributed by atoms with Crippen molar-refractivity contribution in [1.82, 2.24) is 9.80 Å². The Balaban J connectivity index is 1.31. The molecular formula is C27H28F4N4O. The van der Waals surface area contributed by atoms with Gasteiger partial charge in [-0.1, -0.05) is 12.1 Å². The number of rotatable bonds is 6. The van der Waals surface area contributed by atoms with Crippen molar-refractivity contribution in [1.29, 1.82) is 5.26 Å². The van der Waals surface area contributed by atoms with E-state index in [9.17, 15) is 27.6 Å². The molecule has 3 atom stereocenters. The highest BCUT2D eigenvalue weighted by Crippen LogP contribution is 2.62. The van der Waals surface area contributed by atoms with Crippen molar-refractivity contribution in [3.05, 3.63) is 65.0 Å². The van der Waals surface area contributed by atoms with Gasteiger partial charge >= 0.3 is 12.2 Å². The van der Waals surface area contributed by atoms with Crippen LogP contribution in [0.1, 0.15) is 48.8 Å². The number of urea groups is 1. The Morgan fingerprint density at radius 3 is 2.69 bits per heavy atom. The number of carbonyl (C=O) groups excluding carboxylic acids is 1. The number of amides is 2. The average molecular weight is 501 g/mol. The molecule has 190 valence electrons. The fraction of sp³-hybridized carbons (Fsp3) is 0.481. The zero-order chi connectivity index (χ0) is 25.5. The lowest BCUT2D eigenvalue weighted by Crippen LogP contribution is -2.50. The highest BCUT2D eigenvalue weighted by Gasteiger charge is 2.58. The minimum Gasteiger partial charge on any atom is -0.320 e. The maximum Gasteiger partial charge on any atom is 0.419 e. The van der Waals surface area contributed by atoms with Gasteiger partial charge in [-0.15, -0.1) is 0 Å². The predicted molar refractivity (Wildman–Crippen MR) is 127 cm³/mol. The van der Waals surface area contributed by atoms with Crippen LogP contribution in [0.2, 0.25) is 0 Å². The van der Waals surface area contributed by atoms with E-state index in [-0.39, 0.29) is 17.1 Å². The van der Waals surface area contributed by atoms with Gasteiger partial charge in [-0.2, -0.15) is 18.4 Å². The number of halogens is 4. The molecule has 1 heterocycles. The summed E-state index contributed by atoms with van der Waals surface area (Å²) in [6.07, 6.45) is -0.243. The minimum atomic E-state index is -4.84. The fourth-order valence-corrected chi connectivity index (χ4v) is 5.87. The third kappa shape index (κ3) is 4.79. The van der Waals surface area contributed by atoms with Crippen molar-refractivity contribution < 1.29 is 22.4 Å². The Bertz CT molecular complexity index is 1190. The number of nitrogens with one attached hydrogen (secondary N) is 1. The zero-order valence-corrected chi connectivity index (χ0v) is 19.8.